The number of primary amides is 1. The van der Waals surface area contributed by atoms with Gasteiger partial charge in [-0.3, -0.25) is 9.78 Å². The zero-order valence-corrected chi connectivity index (χ0v) is 11.3. The summed E-state index contributed by atoms with van der Waals surface area (Å²) < 4.78 is 5.88. The second kappa shape index (κ2) is 5.14. The average Bonchev–Trinajstić information content (AvgIpc) is 2.37. The Morgan fingerprint density at radius 3 is 3.00 bits per heavy atom. The highest BCUT2D eigenvalue weighted by atomic mass is 16.5. The quantitative estimate of drug-likeness (QED) is 0.808. The highest BCUT2D eigenvalue weighted by Crippen LogP contribution is 2.25. The summed E-state index contributed by atoms with van der Waals surface area (Å²) in [5.74, 6) is -0.523. The van der Waals surface area contributed by atoms with E-state index in [0.717, 1.165) is 12.2 Å². The van der Waals surface area contributed by atoms with Crippen LogP contribution in [0.1, 0.15) is 24.3 Å². The summed E-state index contributed by atoms with van der Waals surface area (Å²) in [4.78, 5) is 17.3. The average molecular weight is 264 g/mol. The van der Waals surface area contributed by atoms with Crippen molar-refractivity contribution in [1.82, 2.24) is 4.98 Å². The topological polar surface area (TPSA) is 94.5 Å². The minimum atomic E-state index is -0.523. The van der Waals surface area contributed by atoms with Crippen LogP contribution in [0.2, 0.25) is 0 Å². The zero-order chi connectivity index (χ0) is 14.0. The predicted octanol–water partition coefficient (Wildman–Crippen LogP) is 0.123. The van der Waals surface area contributed by atoms with Gasteiger partial charge in [-0.2, -0.15) is 0 Å². The molecule has 1 fully saturated rings. The van der Waals surface area contributed by atoms with Crippen molar-refractivity contribution in [3.8, 4) is 0 Å². The number of hydrogen-bond donors (Lipinski definition) is 2. The van der Waals surface area contributed by atoms with Crippen molar-refractivity contribution in [3.63, 3.8) is 0 Å². The first-order valence-corrected chi connectivity index (χ1v) is 6.30. The van der Waals surface area contributed by atoms with Gasteiger partial charge in [-0.05, 0) is 26.0 Å². The van der Waals surface area contributed by atoms with Gasteiger partial charge in [-0.25, -0.2) is 0 Å². The van der Waals surface area contributed by atoms with Crippen LogP contribution in [0.15, 0.2) is 18.3 Å². The van der Waals surface area contributed by atoms with E-state index < -0.39 is 5.91 Å². The summed E-state index contributed by atoms with van der Waals surface area (Å²) >= 11 is 0. The molecule has 0 aromatic carbocycles. The molecule has 0 spiro atoms. The lowest BCUT2D eigenvalue weighted by Crippen LogP contribution is -2.55. The van der Waals surface area contributed by atoms with Crippen LogP contribution in [0.3, 0.4) is 0 Å². The van der Waals surface area contributed by atoms with E-state index in [1.807, 2.05) is 19.9 Å². The molecule has 1 aliphatic rings. The molecule has 0 saturated carbocycles. The SMILES string of the molecule is CC1(C)CN(c2ccnc(C(N)=O)c2)CC(CN)O1. The fraction of sp³-hybridized carbons (Fsp3) is 0.538. The Balaban J connectivity index is 2.25. The molecule has 4 N–H and O–H groups in total. The van der Waals surface area contributed by atoms with E-state index >= 15 is 0 Å². The second-order valence-electron chi connectivity index (χ2n) is 5.38. The van der Waals surface area contributed by atoms with Crippen molar-refractivity contribution in [2.24, 2.45) is 11.5 Å². The molecule has 0 radical (unpaired) electrons. The molecule has 6 heteroatoms. The van der Waals surface area contributed by atoms with Gasteiger partial charge in [-0.1, -0.05) is 0 Å². The summed E-state index contributed by atoms with van der Waals surface area (Å²) in [6.07, 6.45) is 1.57. The number of amides is 1. The van der Waals surface area contributed by atoms with Gasteiger partial charge >= 0.3 is 0 Å². The van der Waals surface area contributed by atoms with E-state index in [-0.39, 0.29) is 17.4 Å². The summed E-state index contributed by atoms with van der Waals surface area (Å²) in [6, 6.07) is 3.57. The van der Waals surface area contributed by atoms with Gasteiger partial charge < -0.3 is 21.1 Å². The molecule has 6 nitrogen and oxygen atoms in total. The highest BCUT2D eigenvalue weighted by molar-refractivity contribution is 5.91. The lowest BCUT2D eigenvalue weighted by atomic mass is 10.0. The molecule has 1 aromatic heterocycles. The lowest BCUT2D eigenvalue weighted by molar-refractivity contribution is -0.0788. The van der Waals surface area contributed by atoms with Gasteiger partial charge in [0.25, 0.3) is 5.91 Å². The highest BCUT2D eigenvalue weighted by Gasteiger charge is 2.33. The third kappa shape index (κ3) is 3.21. The number of hydrogen-bond acceptors (Lipinski definition) is 5. The van der Waals surface area contributed by atoms with E-state index in [0.29, 0.717) is 13.1 Å². The number of morpholine rings is 1. The molecule has 2 heterocycles. The Morgan fingerprint density at radius 1 is 1.63 bits per heavy atom. The molecule has 19 heavy (non-hydrogen) atoms. The maximum absolute atomic E-state index is 11.2. The molecular formula is C13H20N4O2. The third-order valence-electron chi connectivity index (χ3n) is 3.11. The first kappa shape index (κ1) is 13.8. The Hall–Kier alpha value is -1.66. The Morgan fingerprint density at radius 2 is 2.37 bits per heavy atom. The van der Waals surface area contributed by atoms with E-state index in [9.17, 15) is 4.79 Å². The number of ether oxygens (including phenoxy) is 1. The van der Waals surface area contributed by atoms with Crippen LogP contribution in [0, 0.1) is 0 Å². The maximum atomic E-state index is 11.2. The van der Waals surface area contributed by atoms with E-state index in [1.165, 1.54) is 0 Å². The van der Waals surface area contributed by atoms with E-state index in [1.54, 1.807) is 12.3 Å². The Labute approximate surface area is 112 Å². The minimum absolute atomic E-state index is 0.0195. The summed E-state index contributed by atoms with van der Waals surface area (Å²) in [6.45, 7) is 5.94. The minimum Gasteiger partial charge on any atom is -0.367 e. The zero-order valence-electron chi connectivity index (χ0n) is 11.3. The van der Waals surface area contributed by atoms with Crippen LogP contribution >= 0.6 is 0 Å². The van der Waals surface area contributed by atoms with Gasteiger partial charge in [0.1, 0.15) is 5.69 Å². The molecular weight excluding hydrogens is 244 g/mol. The number of rotatable bonds is 3. The predicted molar refractivity (Wildman–Crippen MR) is 73.0 cm³/mol. The molecule has 1 saturated heterocycles. The van der Waals surface area contributed by atoms with Crippen molar-refractivity contribution in [3.05, 3.63) is 24.0 Å². The van der Waals surface area contributed by atoms with Crippen molar-refractivity contribution >= 4 is 11.6 Å². The van der Waals surface area contributed by atoms with Crippen molar-refractivity contribution in [2.75, 3.05) is 24.5 Å². The first-order chi connectivity index (χ1) is 8.91. The summed E-state index contributed by atoms with van der Waals surface area (Å²) in [5.41, 5.74) is 11.9. The number of nitrogens with zero attached hydrogens (tertiary/aromatic N) is 2. The van der Waals surface area contributed by atoms with Crippen molar-refractivity contribution in [2.45, 2.75) is 25.6 Å². The fourth-order valence-electron chi connectivity index (χ4n) is 2.37. The first-order valence-electron chi connectivity index (χ1n) is 6.30. The molecule has 104 valence electrons. The van der Waals surface area contributed by atoms with Crippen molar-refractivity contribution < 1.29 is 9.53 Å². The normalized spacial score (nSPS) is 22.3. The monoisotopic (exact) mass is 264 g/mol. The third-order valence-corrected chi connectivity index (χ3v) is 3.11. The largest absolute Gasteiger partial charge is 0.367 e. The van der Waals surface area contributed by atoms with E-state index in [4.69, 9.17) is 16.2 Å². The Kier molecular flexibility index (Phi) is 3.73. The van der Waals surface area contributed by atoms with Crippen LogP contribution < -0.4 is 16.4 Å². The fourth-order valence-corrected chi connectivity index (χ4v) is 2.37. The van der Waals surface area contributed by atoms with Crippen molar-refractivity contribution in [1.29, 1.82) is 0 Å². The molecule has 1 unspecified atom stereocenters. The Bertz CT molecular complexity index is 475. The molecule has 1 aliphatic heterocycles. The molecule has 0 bridgehead atoms. The molecule has 1 aromatic rings. The standard InChI is InChI=1S/C13H20N4O2/c1-13(2)8-17(7-10(6-14)19-13)9-3-4-16-11(5-9)12(15)18/h3-5,10H,6-8,14H2,1-2H3,(H2,15,18). The number of aromatic nitrogens is 1. The molecule has 2 rings (SSSR count). The van der Waals surface area contributed by atoms with Gasteiger partial charge in [0.05, 0.1) is 11.7 Å². The number of carbonyl (C=O) groups is 1. The van der Waals surface area contributed by atoms with E-state index in [2.05, 4.69) is 9.88 Å². The molecule has 1 atom stereocenters. The van der Waals surface area contributed by atoms with Crippen LogP contribution in [0.4, 0.5) is 5.69 Å². The van der Waals surface area contributed by atoms with Gasteiger partial charge in [0.15, 0.2) is 0 Å². The number of carbonyl (C=O) groups excluding carboxylic acids is 1. The van der Waals surface area contributed by atoms with Crippen LogP contribution in [0.5, 0.6) is 0 Å². The smallest absolute Gasteiger partial charge is 0.267 e. The number of nitrogens with two attached hydrogens (primary N) is 2. The molecule has 0 aliphatic carbocycles. The van der Waals surface area contributed by atoms with Gasteiger partial charge in [0, 0.05) is 31.5 Å². The van der Waals surface area contributed by atoms with Gasteiger partial charge in [-0.15, -0.1) is 0 Å². The van der Waals surface area contributed by atoms with Crippen LogP contribution in [0.25, 0.3) is 0 Å². The molecule has 1 amide bonds. The van der Waals surface area contributed by atoms with Crippen LogP contribution in [-0.2, 0) is 4.74 Å². The van der Waals surface area contributed by atoms with Gasteiger partial charge in [0.2, 0.25) is 0 Å². The maximum Gasteiger partial charge on any atom is 0.267 e. The summed E-state index contributed by atoms with van der Waals surface area (Å²) in [7, 11) is 0. The second-order valence-corrected chi connectivity index (χ2v) is 5.38. The summed E-state index contributed by atoms with van der Waals surface area (Å²) in [5, 5.41) is 0. The number of pyridine rings is 1. The van der Waals surface area contributed by atoms with Crippen LogP contribution in [-0.4, -0.2) is 42.2 Å². The lowest BCUT2D eigenvalue weighted by Gasteiger charge is -2.43. The number of anilines is 1.